The number of carbonyl (C=O) groups is 2. The minimum absolute atomic E-state index is 0.129. The van der Waals surface area contributed by atoms with Crippen LogP contribution in [-0.4, -0.2) is 24.0 Å². The molecule has 0 radical (unpaired) electrons. The predicted molar refractivity (Wildman–Crippen MR) is 46.9 cm³/mol. The molecule has 1 amide bonds. The molecule has 3 atom stereocenters. The van der Waals surface area contributed by atoms with E-state index in [-0.39, 0.29) is 17.8 Å². The van der Waals surface area contributed by atoms with E-state index >= 15 is 0 Å². The Kier molecular flexibility index (Phi) is 2.90. The van der Waals surface area contributed by atoms with Crippen molar-refractivity contribution in [3.05, 3.63) is 0 Å². The summed E-state index contributed by atoms with van der Waals surface area (Å²) in [5, 5.41) is 2.65. The molecule has 0 aromatic heterocycles. The lowest BCUT2D eigenvalue weighted by Gasteiger charge is -2.29. The van der Waals surface area contributed by atoms with Gasteiger partial charge in [0.1, 0.15) is 6.04 Å². The van der Waals surface area contributed by atoms with Crippen LogP contribution < -0.4 is 5.32 Å². The third-order valence-electron chi connectivity index (χ3n) is 2.43. The maximum Gasteiger partial charge on any atom is 0.329 e. The molecule has 1 rings (SSSR count). The van der Waals surface area contributed by atoms with Crippen molar-refractivity contribution in [2.75, 3.05) is 0 Å². The standard InChI is InChI=1S/C9H15NO3/c1-4-5(2)7-9(12)13-6(3)8(11)10-7/h5-7H,4H2,1-3H3,(H,10,11)/t5?,6-,7-/m0/s1. The van der Waals surface area contributed by atoms with Gasteiger partial charge in [-0.25, -0.2) is 4.79 Å². The zero-order valence-corrected chi connectivity index (χ0v) is 8.16. The first kappa shape index (κ1) is 10.0. The quantitative estimate of drug-likeness (QED) is 0.636. The van der Waals surface area contributed by atoms with Crippen LogP contribution in [0.2, 0.25) is 0 Å². The van der Waals surface area contributed by atoms with Gasteiger partial charge in [0.15, 0.2) is 6.10 Å². The minimum Gasteiger partial charge on any atom is -0.451 e. The van der Waals surface area contributed by atoms with E-state index in [0.29, 0.717) is 0 Å². The monoisotopic (exact) mass is 185 g/mol. The summed E-state index contributed by atoms with van der Waals surface area (Å²) in [6, 6.07) is -0.464. The average Bonchev–Trinajstić information content (AvgIpc) is 2.10. The molecule has 1 unspecified atom stereocenters. The zero-order valence-electron chi connectivity index (χ0n) is 8.16. The Morgan fingerprint density at radius 3 is 2.69 bits per heavy atom. The van der Waals surface area contributed by atoms with Crippen LogP contribution in [0.25, 0.3) is 0 Å². The second-order valence-corrected chi connectivity index (χ2v) is 3.45. The number of morpholine rings is 1. The molecule has 1 aliphatic rings. The highest BCUT2D eigenvalue weighted by atomic mass is 16.6. The van der Waals surface area contributed by atoms with E-state index in [1.54, 1.807) is 6.92 Å². The SMILES string of the molecule is CCC(C)[C@@H]1NC(=O)[C@H](C)OC1=O. The fourth-order valence-corrected chi connectivity index (χ4v) is 1.24. The van der Waals surface area contributed by atoms with Crippen LogP contribution in [0.15, 0.2) is 0 Å². The molecule has 1 heterocycles. The first-order valence-corrected chi connectivity index (χ1v) is 4.57. The second-order valence-electron chi connectivity index (χ2n) is 3.45. The smallest absolute Gasteiger partial charge is 0.329 e. The molecular weight excluding hydrogens is 170 g/mol. The summed E-state index contributed by atoms with van der Waals surface area (Å²) >= 11 is 0. The van der Waals surface area contributed by atoms with Crippen LogP contribution in [0.4, 0.5) is 0 Å². The summed E-state index contributed by atoms with van der Waals surface area (Å²) < 4.78 is 4.88. The molecule has 0 spiro atoms. The van der Waals surface area contributed by atoms with Crippen LogP contribution in [-0.2, 0) is 14.3 Å². The van der Waals surface area contributed by atoms with Gasteiger partial charge < -0.3 is 10.1 Å². The van der Waals surface area contributed by atoms with Gasteiger partial charge in [-0.2, -0.15) is 0 Å². The predicted octanol–water partition coefficient (Wildman–Crippen LogP) is 0.463. The third kappa shape index (κ3) is 1.99. The molecule has 0 aromatic carbocycles. The summed E-state index contributed by atoms with van der Waals surface area (Å²) in [5.74, 6) is -0.393. The second kappa shape index (κ2) is 3.77. The molecule has 0 saturated carbocycles. The van der Waals surface area contributed by atoms with Crippen molar-refractivity contribution in [3.8, 4) is 0 Å². The lowest BCUT2D eigenvalue weighted by Crippen LogP contribution is -2.55. The number of amides is 1. The molecule has 4 heteroatoms. The summed E-state index contributed by atoms with van der Waals surface area (Å²) in [6.07, 6.45) is 0.196. The van der Waals surface area contributed by atoms with Crippen molar-refractivity contribution in [1.82, 2.24) is 5.32 Å². The highest BCUT2D eigenvalue weighted by Crippen LogP contribution is 2.14. The fourth-order valence-electron chi connectivity index (χ4n) is 1.24. The Labute approximate surface area is 77.6 Å². The molecular formula is C9H15NO3. The number of ether oxygens (including phenoxy) is 1. The van der Waals surface area contributed by atoms with Crippen molar-refractivity contribution in [2.45, 2.75) is 39.3 Å². The van der Waals surface area contributed by atoms with Crippen LogP contribution in [0.1, 0.15) is 27.2 Å². The number of cyclic esters (lactones) is 1. The molecule has 1 N–H and O–H groups in total. The molecule has 1 aliphatic heterocycles. The third-order valence-corrected chi connectivity index (χ3v) is 2.43. The van der Waals surface area contributed by atoms with E-state index in [2.05, 4.69) is 5.32 Å². The number of carbonyl (C=O) groups excluding carboxylic acids is 2. The van der Waals surface area contributed by atoms with Crippen LogP contribution >= 0.6 is 0 Å². The normalized spacial score (nSPS) is 30.7. The summed E-state index contributed by atoms with van der Waals surface area (Å²) in [5.41, 5.74) is 0. The van der Waals surface area contributed by atoms with Crippen LogP contribution in [0.3, 0.4) is 0 Å². The fraction of sp³-hybridized carbons (Fsp3) is 0.778. The van der Waals surface area contributed by atoms with Gasteiger partial charge in [-0.05, 0) is 12.8 Å². The number of hydrogen-bond acceptors (Lipinski definition) is 3. The molecule has 0 aromatic rings. The molecule has 13 heavy (non-hydrogen) atoms. The van der Waals surface area contributed by atoms with Crippen molar-refractivity contribution >= 4 is 11.9 Å². The lowest BCUT2D eigenvalue weighted by atomic mass is 9.98. The topological polar surface area (TPSA) is 55.4 Å². The van der Waals surface area contributed by atoms with E-state index in [1.165, 1.54) is 0 Å². The molecule has 1 fully saturated rings. The molecule has 4 nitrogen and oxygen atoms in total. The van der Waals surface area contributed by atoms with E-state index in [4.69, 9.17) is 4.74 Å². The van der Waals surface area contributed by atoms with E-state index in [1.807, 2.05) is 13.8 Å². The van der Waals surface area contributed by atoms with Gasteiger partial charge in [0.25, 0.3) is 5.91 Å². The lowest BCUT2D eigenvalue weighted by molar-refractivity contribution is -0.166. The summed E-state index contributed by atoms with van der Waals surface area (Å²) in [4.78, 5) is 22.5. The largest absolute Gasteiger partial charge is 0.451 e. The maximum atomic E-state index is 11.3. The van der Waals surface area contributed by atoms with Gasteiger partial charge in [0, 0.05) is 0 Å². The first-order chi connectivity index (χ1) is 6.06. The average molecular weight is 185 g/mol. The number of nitrogens with one attached hydrogen (secondary N) is 1. The first-order valence-electron chi connectivity index (χ1n) is 4.57. The Balaban J connectivity index is 2.66. The maximum absolute atomic E-state index is 11.3. The number of esters is 1. The highest BCUT2D eigenvalue weighted by molar-refractivity contribution is 5.92. The van der Waals surface area contributed by atoms with Gasteiger partial charge >= 0.3 is 5.97 Å². The van der Waals surface area contributed by atoms with Gasteiger partial charge in [-0.3, -0.25) is 4.79 Å². The van der Waals surface area contributed by atoms with Crippen molar-refractivity contribution < 1.29 is 14.3 Å². The van der Waals surface area contributed by atoms with Gasteiger partial charge in [-0.15, -0.1) is 0 Å². The molecule has 0 aliphatic carbocycles. The van der Waals surface area contributed by atoms with Gasteiger partial charge in [0.05, 0.1) is 0 Å². The van der Waals surface area contributed by atoms with E-state index in [0.717, 1.165) is 6.42 Å². The van der Waals surface area contributed by atoms with Crippen molar-refractivity contribution in [2.24, 2.45) is 5.92 Å². The molecule has 74 valence electrons. The minimum atomic E-state index is -0.646. The van der Waals surface area contributed by atoms with Crippen LogP contribution in [0.5, 0.6) is 0 Å². The Hall–Kier alpha value is -1.06. The molecule has 0 bridgehead atoms. The molecule has 1 saturated heterocycles. The van der Waals surface area contributed by atoms with Crippen LogP contribution in [0, 0.1) is 5.92 Å². The van der Waals surface area contributed by atoms with E-state index < -0.39 is 12.1 Å². The Morgan fingerprint density at radius 1 is 1.54 bits per heavy atom. The number of rotatable bonds is 2. The summed E-state index contributed by atoms with van der Waals surface area (Å²) in [7, 11) is 0. The van der Waals surface area contributed by atoms with Gasteiger partial charge in [-0.1, -0.05) is 20.3 Å². The van der Waals surface area contributed by atoms with Crippen molar-refractivity contribution in [1.29, 1.82) is 0 Å². The summed E-state index contributed by atoms with van der Waals surface area (Å²) in [6.45, 7) is 5.46. The Morgan fingerprint density at radius 2 is 2.15 bits per heavy atom. The zero-order chi connectivity index (χ0) is 10.0. The Bertz CT molecular complexity index is 227. The highest BCUT2D eigenvalue weighted by Gasteiger charge is 2.35. The van der Waals surface area contributed by atoms with Gasteiger partial charge in [0.2, 0.25) is 0 Å². The van der Waals surface area contributed by atoms with E-state index in [9.17, 15) is 9.59 Å². The van der Waals surface area contributed by atoms with Crippen molar-refractivity contribution in [3.63, 3.8) is 0 Å². The number of hydrogen-bond donors (Lipinski definition) is 1.